The van der Waals surface area contributed by atoms with Crippen LogP contribution in [0.15, 0.2) is 51.2 Å². The van der Waals surface area contributed by atoms with Gasteiger partial charge in [-0.1, -0.05) is 30.8 Å². The first-order valence-electron chi connectivity index (χ1n) is 11.8. The number of methoxy groups -OCH3 is 3. The van der Waals surface area contributed by atoms with E-state index in [4.69, 9.17) is 24.3 Å². The monoisotopic (exact) mass is 564 g/mol. The predicted octanol–water partition coefficient (Wildman–Crippen LogP) is 1.94. The number of hydrogen-bond acceptors (Lipinski definition) is 9. The fourth-order valence-electron chi connectivity index (χ4n) is 3.74. The number of aromatic nitrogens is 2. The number of ether oxygens (including phenoxy) is 3. The minimum absolute atomic E-state index is 0.00773. The van der Waals surface area contributed by atoms with Crippen molar-refractivity contribution in [2.24, 2.45) is 5.14 Å². The van der Waals surface area contributed by atoms with Crippen molar-refractivity contribution in [3.63, 3.8) is 0 Å². The number of amides is 1. The van der Waals surface area contributed by atoms with E-state index < -0.39 is 15.3 Å². The molecule has 0 fully saturated rings. The van der Waals surface area contributed by atoms with Crippen molar-refractivity contribution in [3.05, 3.63) is 52.3 Å². The van der Waals surface area contributed by atoms with Crippen molar-refractivity contribution in [1.82, 2.24) is 14.9 Å². The number of carbonyl (C=O) groups excluding carboxylic acids is 1. The van der Waals surface area contributed by atoms with Gasteiger partial charge in [-0.25, -0.2) is 18.5 Å². The third-order valence-electron chi connectivity index (χ3n) is 5.82. The molecule has 1 heterocycles. The van der Waals surface area contributed by atoms with E-state index in [0.29, 0.717) is 53.6 Å². The van der Waals surface area contributed by atoms with Gasteiger partial charge in [0.05, 0.1) is 41.9 Å². The van der Waals surface area contributed by atoms with Crippen LogP contribution in [0.3, 0.4) is 0 Å². The lowest BCUT2D eigenvalue weighted by Crippen LogP contribution is -2.35. The molecule has 0 bridgehead atoms. The van der Waals surface area contributed by atoms with Crippen LogP contribution in [0, 0.1) is 0 Å². The van der Waals surface area contributed by atoms with E-state index in [1.165, 1.54) is 42.7 Å². The fourth-order valence-corrected chi connectivity index (χ4v) is 5.32. The van der Waals surface area contributed by atoms with Crippen LogP contribution in [0.5, 0.6) is 11.5 Å². The zero-order chi connectivity index (χ0) is 27.9. The van der Waals surface area contributed by atoms with Gasteiger partial charge in [0.1, 0.15) is 0 Å². The van der Waals surface area contributed by atoms with Crippen LogP contribution in [0.25, 0.3) is 10.9 Å². The molecule has 0 aliphatic rings. The maximum Gasteiger partial charge on any atom is 0.262 e. The van der Waals surface area contributed by atoms with Crippen molar-refractivity contribution < 1.29 is 27.4 Å². The second-order valence-electron chi connectivity index (χ2n) is 8.31. The summed E-state index contributed by atoms with van der Waals surface area (Å²) in [5.74, 6) is 0.648. The Bertz CT molecular complexity index is 1440. The average molecular weight is 565 g/mol. The molecule has 11 nitrogen and oxygen atoms in total. The third-order valence-corrected chi connectivity index (χ3v) is 8.10. The molecule has 2 aromatic carbocycles. The molecule has 3 rings (SSSR count). The molecule has 0 radical (unpaired) electrons. The number of nitrogens with one attached hydrogen (secondary N) is 1. The molecule has 13 heteroatoms. The average Bonchev–Trinajstić information content (AvgIpc) is 2.90. The molecule has 0 spiro atoms. The number of primary sulfonamides is 1. The van der Waals surface area contributed by atoms with Crippen LogP contribution < -0.4 is 25.5 Å². The Labute approximate surface area is 225 Å². The van der Waals surface area contributed by atoms with Gasteiger partial charge in [-0.05, 0) is 36.6 Å². The number of carbonyl (C=O) groups is 1. The molecular formula is C25H32N4O7S2. The number of nitrogens with zero attached hydrogens (tertiary/aromatic N) is 2. The van der Waals surface area contributed by atoms with Crippen LogP contribution >= 0.6 is 11.8 Å². The molecule has 1 atom stereocenters. The van der Waals surface area contributed by atoms with Crippen LogP contribution in [-0.4, -0.2) is 63.6 Å². The highest BCUT2D eigenvalue weighted by Gasteiger charge is 2.23. The van der Waals surface area contributed by atoms with Gasteiger partial charge in [-0.15, -0.1) is 0 Å². The van der Waals surface area contributed by atoms with Crippen molar-refractivity contribution in [2.75, 3.05) is 34.5 Å². The van der Waals surface area contributed by atoms with Gasteiger partial charge < -0.3 is 19.5 Å². The topological polar surface area (TPSA) is 152 Å². The highest BCUT2D eigenvalue weighted by Crippen LogP contribution is 2.32. The maximum absolute atomic E-state index is 13.7. The Morgan fingerprint density at radius 3 is 2.37 bits per heavy atom. The Kier molecular flexibility index (Phi) is 10.1. The van der Waals surface area contributed by atoms with Gasteiger partial charge in [-0.2, -0.15) is 0 Å². The molecule has 1 aromatic heterocycles. The number of thioether (sulfide) groups is 1. The second-order valence-corrected chi connectivity index (χ2v) is 11.0. The summed E-state index contributed by atoms with van der Waals surface area (Å²) in [6.45, 7) is 2.89. The summed E-state index contributed by atoms with van der Waals surface area (Å²) in [4.78, 5) is 31.2. The molecule has 0 aliphatic heterocycles. The van der Waals surface area contributed by atoms with Gasteiger partial charge >= 0.3 is 0 Å². The highest BCUT2D eigenvalue weighted by molar-refractivity contribution is 8.00. The Morgan fingerprint density at radius 1 is 1.13 bits per heavy atom. The quantitative estimate of drug-likeness (QED) is 0.180. The van der Waals surface area contributed by atoms with E-state index in [1.54, 1.807) is 31.4 Å². The summed E-state index contributed by atoms with van der Waals surface area (Å²) in [5.41, 5.74) is 0.921. The van der Waals surface area contributed by atoms with E-state index in [2.05, 4.69) is 5.32 Å². The van der Waals surface area contributed by atoms with E-state index in [0.717, 1.165) is 5.56 Å². The number of rotatable bonds is 13. The zero-order valence-corrected chi connectivity index (χ0v) is 23.4. The molecule has 3 N–H and O–H groups in total. The van der Waals surface area contributed by atoms with Crippen LogP contribution in [0.2, 0.25) is 0 Å². The van der Waals surface area contributed by atoms with Gasteiger partial charge in [-0.3, -0.25) is 14.2 Å². The molecule has 206 valence electrons. The van der Waals surface area contributed by atoms with E-state index in [-0.39, 0.29) is 22.9 Å². The Hall–Kier alpha value is -3.13. The Balaban J connectivity index is 2.02. The van der Waals surface area contributed by atoms with E-state index >= 15 is 0 Å². The first-order valence-corrected chi connectivity index (χ1v) is 14.3. The van der Waals surface area contributed by atoms with Crippen molar-refractivity contribution in [3.8, 4) is 11.5 Å². The maximum atomic E-state index is 13.7. The number of nitrogens with two attached hydrogens (primary N) is 1. The second kappa shape index (κ2) is 13.1. The van der Waals surface area contributed by atoms with Gasteiger partial charge in [0, 0.05) is 26.3 Å². The summed E-state index contributed by atoms with van der Waals surface area (Å²) >= 11 is 1.21. The number of hydrogen-bond donors (Lipinski definition) is 2. The minimum atomic E-state index is -3.81. The van der Waals surface area contributed by atoms with Crippen molar-refractivity contribution in [2.45, 2.75) is 41.6 Å². The summed E-state index contributed by atoms with van der Waals surface area (Å²) in [6.07, 6.45) is 0.925. The SMILES string of the molecule is CC[C@@H](Sc1nc2cc(OC)c(OC)cc2c(=O)n1CCc1ccc(S(N)(=O)=O)cc1)C(=O)NCCOC. The van der Waals surface area contributed by atoms with Crippen molar-refractivity contribution >= 4 is 38.6 Å². The predicted molar refractivity (Wildman–Crippen MR) is 145 cm³/mol. The molecule has 0 saturated carbocycles. The lowest BCUT2D eigenvalue weighted by atomic mass is 10.1. The summed E-state index contributed by atoms with van der Waals surface area (Å²) < 4.78 is 40.4. The molecular weight excluding hydrogens is 532 g/mol. The van der Waals surface area contributed by atoms with Crippen LogP contribution in [-0.2, 0) is 32.5 Å². The molecule has 0 aliphatic carbocycles. The lowest BCUT2D eigenvalue weighted by molar-refractivity contribution is -0.120. The number of sulfonamides is 1. The zero-order valence-electron chi connectivity index (χ0n) is 21.7. The first-order chi connectivity index (χ1) is 18.1. The Morgan fingerprint density at radius 2 is 1.79 bits per heavy atom. The fraction of sp³-hybridized carbons (Fsp3) is 0.400. The van der Waals surface area contributed by atoms with Gasteiger partial charge in [0.25, 0.3) is 5.56 Å². The largest absolute Gasteiger partial charge is 0.493 e. The van der Waals surface area contributed by atoms with Gasteiger partial charge in [0.2, 0.25) is 15.9 Å². The standard InChI is InChI=1S/C25H32N4O7S2/c1-5-22(23(30)27-11-13-34-2)37-25-28-19-15-21(36-4)20(35-3)14-18(19)24(31)29(25)12-10-16-6-8-17(9-7-16)38(26,32)33/h6-9,14-15,22H,5,10-13H2,1-4H3,(H,27,30)(H2,26,32,33)/t22-/m1/s1. The molecule has 38 heavy (non-hydrogen) atoms. The minimum Gasteiger partial charge on any atom is -0.493 e. The van der Waals surface area contributed by atoms with E-state index in [1.807, 2.05) is 6.92 Å². The smallest absolute Gasteiger partial charge is 0.262 e. The van der Waals surface area contributed by atoms with Gasteiger partial charge in [0.15, 0.2) is 16.7 Å². The highest BCUT2D eigenvalue weighted by atomic mass is 32.2. The van der Waals surface area contributed by atoms with Crippen molar-refractivity contribution in [1.29, 1.82) is 0 Å². The summed E-state index contributed by atoms with van der Waals surface area (Å²) in [7, 11) is 0.735. The number of benzene rings is 2. The molecule has 1 amide bonds. The molecule has 0 unspecified atom stereocenters. The number of fused-ring (bicyclic) bond motifs is 1. The summed E-state index contributed by atoms with van der Waals surface area (Å²) in [5, 5.41) is 8.26. The molecule has 0 saturated heterocycles. The van der Waals surface area contributed by atoms with E-state index in [9.17, 15) is 18.0 Å². The van der Waals surface area contributed by atoms with Crippen LogP contribution in [0.1, 0.15) is 18.9 Å². The van der Waals surface area contributed by atoms with Crippen LogP contribution in [0.4, 0.5) is 0 Å². The first kappa shape index (κ1) is 29.4. The lowest BCUT2D eigenvalue weighted by Gasteiger charge is -2.18. The third kappa shape index (κ3) is 7.04. The summed E-state index contributed by atoms with van der Waals surface area (Å²) in [6, 6.07) is 9.38. The number of aryl methyl sites for hydroxylation is 1. The molecule has 3 aromatic rings. The normalized spacial score (nSPS) is 12.3.